The van der Waals surface area contributed by atoms with Gasteiger partial charge in [0, 0.05) is 36.4 Å². The number of nitrogens with one attached hydrogen (secondary N) is 1. The number of ether oxygens (including phenoxy) is 2. The van der Waals surface area contributed by atoms with E-state index in [1.165, 1.54) is 6.07 Å². The predicted octanol–water partition coefficient (Wildman–Crippen LogP) is 1.88. The van der Waals surface area contributed by atoms with E-state index in [9.17, 15) is 14.4 Å². The van der Waals surface area contributed by atoms with Gasteiger partial charge in [-0.3, -0.25) is 14.4 Å². The van der Waals surface area contributed by atoms with Gasteiger partial charge in [-0.05, 0) is 36.4 Å². The highest BCUT2D eigenvalue weighted by Gasteiger charge is 2.17. The lowest BCUT2D eigenvalue weighted by Crippen LogP contribution is -2.42. The van der Waals surface area contributed by atoms with Crippen LogP contribution in [0.4, 0.5) is 5.69 Å². The Morgan fingerprint density at radius 3 is 2.52 bits per heavy atom. The molecule has 0 aliphatic carbocycles. The summed E-state index contributed by atoms with van der Waals surface area (Å²) < 4.78 is 12.5. The van der Waals surface area contributed by atoms with Gasteiger partial charge in [-0.2, -0.15) is 0 Å². The number of benzene rings is 2. The first kappa shape index (κ1) is 20.6. The summed E-state index contributed by atoms with van der Waals surface area (Å²) in [7, 11) is 0. The van der Waals surface area contributed by atoms with E-state index < -0.39 is 0 Å². The van der Waals surface area contributed by atoms with Crippen molar-refractivity contribution in [2.75, 3.05) is 38.2 Å². The minimum absolute atomic E-state index is 0.0366. The van der Waals surface area contributed by atoms with E-state index in [1.807, 2.05) is 12.1 Å². The smallest absolute Gasteiger partial charge is 0.260 e. The van der Waals surface area contributed by atoms with Crippen molar-refractivity contribution in [3.63, 3.8) is 0 Å². The monoisotopic (exact) mass is 421 g/mol. The maximum Gasteiger partial charge on any atom is 0.260 e. The van der Waals surface area contributed by atoms with E-state index in [0.717, 1.165) is 0 Å². The summed E-state index contributed by atoms with van der Waals surface area (Å²) in [4.78, 5) is 38.3. The molecule has 2 amide bonds. The summed E-state index contributed by atoms with van der Waals surface area (Å²) >= 11 is 0. The Morgan fingerprint density at radius 2 is 1.74 bits per heavy atom. The van der Waals surface area contributed by atoms with Crippen LogP contribution in [0.3, 0.4) is 0 Å². The van der Waals surface area contributed by atoms with Crippen molar-refractivity contribution in [2.45, 2.75) is 6.54 Å². The summed E-state index contributed by atoms with van der Waals surface area (Å²) in [6, 6.07) is 15.5. The average Bonchev–Trinajstić information content (AvgIpc) is 2.81. The number of nitrogens with zero attached hydrogens (tertiary/aromatic N) is 2. The molecule has 4 rings (SSSR count). The number of hydrogen-bond acceptors (Lipinski definition) is 5. The van der Waals surface area contributed by atoms with E-state index in [1.54, 1.807) is 52.1 Å². The maximum atomic E-state index is 12.5. The summed E-state index contributed by atoms with van der Waals surface area (Å²) in [6.45, 7) is 2.30. The van der Waals surface area contributed by atoms with Crippen LogP contribution in [0.25, 0.3) is 10.9 Å². The highest BCUT2D eigenvalue weighted by Crippen LogP contribution is 2.16. The van der Waals surface area contributed by atoms with Crippen molar-refractivity contribution in [3.8, 4) is 5.75 Å². The summed E-state index contributed by atoms with van der Waals surface area (Å²) in [6.07, 6.45) is 1.62. The van der Waals surface area contributed by atoms with Crippen LogP contribution in [-0.2, 0) is 20.9 Å². The molecule has 1 aliphatic heterocycles. The zero-order valence-electron chi connectivity index (χ0n) is 17.0. The summed E-state index contributed by atoms with van der Waals surface area (Å²) in [5.74, 6) is 0.255. The molecule has 2 aromatic carbocycles. The van der Waals surface area contributed by atoms with Gasteiger partial charge in [0.1, 0.15) is 12.3 Å². The molecule has 1 aliphatic rings. The molecule has 160 valence electrons. The lowest BCUT2D eigenvalue weighted by atomic mass is 10.2. The molecular weight excluding hydrogens is 398 g/mol. The molecule has 31 heavy (non-hydrogen) atoms. The van der Waals surface area contributed by atoms with Crippen LogP contribution in [-0.4, -0.2) is 54.2 Å². The van der Waals surface area contributed by atoms with Crippen molar-refractivity contribution in [2.24, 2.45) is 0 Å². The number of para-hydroxylation sites is 1. The van der Waals surface area contributed by atoms with Crippen molar-refractivity contribution in [1.82, 2.24) is 9.47 Å². The minimum atomic E-state index is -0.218. The van der Waals surface area contributed by atoms with E-state index in [-0.39, 0.29) is 30.4 Å². The first-order valence-corrected chi connectivity index (χ1v) is 10.1. The molecule has 0 saturated carbocycles. The Hall–Kier alpha value is -3.65. The van der Waals surface area contributed by atoms with Crippen molar-refractivity contribution < 1.29 is 19.1 Å². The normalized spacial score (nSPS) is 13.7. The number of fused-ring (bicyclic) bond motifs is 1. The third-order valence-electron chi connectivity index (χ3n) is 5.06. The predicted molar refractivity (Wildman–Crippen MR) is 116 cm³/mol. The molecular formula is C23H23N3O5. The molecule has 1 fully saturated rings. The van der Waals surface area contributed by atoms with Gasteiger partial charge in [0.15, 0.2) is 12.0 Å². The molecule has 0 bridgehead atoms. The Morgan fingerprint density at radius 1 is 1.00 bits per heavy atom. The number of carbonyl (C=O) groups excluding carboxylic acids is 2. The third kappa shape index (κ3) is 5.10. The fraction of sp³-hybridized carbons (Fsp3) is 0.261. The van der Waals surface area contributed by atoms with E-state index in [4.69, 9.17) is 9.47 Å². The zero-order valence-corrected chi connectivity index (χ0v) is 17.0. The maximum absolute atomic E-state index is 12.5. The van der Waals surface area contributed by atoms with Crippen molar-refractivity contribution in [3.05, 3.63) is 71.0 Å². The van der Waals surface area contributed by atoms with Crippen LogP contribution >= 0.6 is 0 Å². The molecule has 8 nitrogen and oxygen atoms in total. The quantitative estimate of drug-likeness (QED) is 0.656. The van der Waals surface area contributed by atoms with Gasteiger partial charge in [-0.15, -0.1) is 0 Å². The molecule has 0 atom stereocenters. The molecule has 0 radical (unpaired) electrons. The zero-order chi connectivity index (χ0) is 21.6. The first-order chi connectivity index (χ1) is 15.1. The number of rotatable bonds is 6. The second-order valence-electron chi connectivity index (χ2n) is 7.18. The van der Waals surface area contributed by atoms with Crippen LogP contribution in [0.2, 0.25) is 0 Å². The molecule has 0 unspecified atom stereocenters. The molecule has 3 aromatic rings. The molecule has 2 heterocycles. The minimum Gasteiger partial charge on any atom is -0.484 e. The Bertz CT molecular complexity index is 1130. The molecule has 1 saturated heterocycles. The lowest BCUT2D eigenvalue weighted by Gasteiger charge is -2.26. The third-order valence-corrected chi connectivity index (χ3v) is 5.06. The average molecular weight is 421 g/mol. The van der Waals surface area contributed by atoms with Gasteiger partial charge in [0.05, 0.1) is 18.7 Å². The van der Waals surface area contributed by atoms with Crippen LogP contribution in [0.15, 0.2) is 65.6 Å². The SMILES string of the molecule is O=C(Cn1ccc(=O)c2ccccc21)Nc1ccc(OCC(=O)N2CCOCC2)cc1. The van der Waals surface area contributed by atoms with Gasteiger partial charge in [0.2, 0.25) is 5.91 Å². The number of carbonyl (C=O) groups is 2. The van der Waals surface area contributed by atoms with Crippen molar-refractivity contribution in [1.29, 1.82) is 0 Å². The fourth-order valence-electron chi connectivity index (χ4n) is 3.44. The number of hydrogen-bond donors (Lipinski definition) is 1. The van der Waals surface area contributed by atoms with Gasteiger partial charge in [-0.25, -0.2) is 0 Å². The van der Waals surface area contributed by atoms with Gasteiger partial charge < -0.3 is 24.3 Å². The molecule has 8 heteroatoms. The van der Waals surface area contributed by atoms with Gasteiger partial charge in [-0.1, -0.05) is 12.1 Å². The summed E-state index contributed by atoms with van der Waals surface area (Å²) in [5.41, 5.74) is 1.25. The second-order valence-corrected chi connectivity index (χ2v) is 7.18. The highest BCUT2D eigenvalue weighted by atomic mass is 16.5. The van der Waals surface area contributed by atoms with E-state index in [2.05, 4.69) is 5.32 Å². The van der Waals surface area contributed by atoms with Gasteiger partial charge in [0.25, 0.3) is 5.91 Å². The topological polar surface area (TPSA) is 89.9 Å². The standard InChI is InChI=1S/C23H23N3O5/c27-21-9-10-26(20-4-2-1-3-19(20)21)15-22(28)24-17-5-7-18(8-6-17)31-16-23(29)25-11-13-30-14-12-25/h1-10H,11-16H2,(H,24,28). The lowest BCUT2D eigenvalue weighted by molar-refractivity contribution is -0.137. The number of morpholine rings is 1. The number of pyridine rings is 1. The highest BCUT2D eigenvalue weighted by molar-refractivity contribution is 5.91. The Kier molecular flexibility index (Phi) is 6.28. The largest absolute Gasteiger partial charge is 0.484 e. The Labute approximate surface area is 179 Å². The van der Waals surface area contributed by atoms with Gasteiger partial charge >= 0.3 is 0 Å². The second kappa shape index (κ2) is 9.44. The number of anilines is 1. The van der Waals surface area contributed by atoms with Crippen LogP contribution < -0.4 is 15.5 Å². The van der Waals surface area contributed by atoms with Crippen LogP contribution in [0.5, 0.6) is 5.75 Å². The number of aromatic nitrogens is 1. The van der Waals surface area contributed by atoms with E-state index in [0.29, 0.717) is 48.6 Å². The van der Waals surface area contributed by atoms with Crippen LogP contribution in [0.1, 0.15) is 0 Å². The van der Waals surface area contributed by atoms with Crippen molar-refractivity contribution >= 4 is 28.4 Å². The number of amides is 2. The molecule has 0 spiro atoms. The first-order valence-electron chi connectivity index (χ1n) is 10.1. The summed E-state index contributed by atoms with van der Waals surface area (Å²) in [5, 5.41) is 3.41. The van der Waals surface area contributed by atoms with Crippen LogP contribution in [0, 0.1) is 0 Å². The fourth-order valence-corrected chi connectivity index (χ4v) is 3.44. The molecule has 1 N–H and O–H groups in total. The molecule has 1 aromatic heterocycles. The van der Waals surface area contributed by atoms with E-state index >= 15 is 0 Å². The Balaban J connectivity index is 1.33.